The molecule has 130 valence electrons. The molecular formula is C19H25NO3S. The molecule has 4 nitrogen and oxygen atoms in total. The van der Waals surface area contributed by atoms with Crippen LogP contribution in [0.1, 0.15) is 38.0 Å². The molecule has 0 spiro atoms. The summed E-state index contributed by atoms with van der Waals surface area (Å²) >= 11 is 0. The number of ether oxygens (including phenoxy) is 1. The lowest BCUT2D eigenvalue weighted by atomic mass is 10.1. The summed E-state index contributed by atoms with van der Waals surface area (Å²) in [4.78, 5) is 0.260. The number of rotatable bonds is 6. The van der Waals surface area contributed by atoms with Gasteiger partial charge >= 0.3 is 0 Å². The Kier molecular flexibility index (Phi) is 5.80. The van der Waals surface area contributed by atoms with Crippen LogP contribution in [-0.2, 0) is 14.8 Å². The highest BCUT2D eigenvalue weighted by molar-refractivity contribution is 7.89. The fourth-order valence-corrected chi connectivity index (χ4v) is 3.34. The van der Waals surface area contributed by atoms with Crippen molar-refractivity contribution >= 4 is 10.0 Å². The van der Waals surface area contributed by atoms with Crippen LogP contribution in [0.25, 0.3) is 0 Å². The molecule has 0 amide bonds. The van der Waals surface area contributed by atoms with Crippen molar-refractivity contribution in [2.45, 2.75) is 44.3 Å². The van der Waals surface area contributed by atoms with E-state index in [9.17, 15) is 8.42 Å². The predicted molar refractivity (Wildman–Crippen MR) is 96.4 cm³/mol. The molecule has 24 heavy (non-hydrogen) atoms. The summed E-state index contributed by atoms with van der Waals surface area (Å²) in [6, 6.07) is 16.4. The third-order valence-corrected chi connectivity index (χ3v) is 4.90. The summed E-state index contributed by atoms with van der Waals surface area (Å²) in [6.45, 7) is 7.97. The van der Waals surface area contributed by atoms with Crippen LogP contribution in [0.3, 0.4) is 0 Å². The molecule has 0 bridgehead atoms. The first kappa shape index (κ1) is 18.6. The minimum absolute atomic E-state index is 0.178. The zero-order chi connectivity index (χ0) is 17.8. The minimum Gasteiger partial charge on any atom is -0.367 e. The average molecular weight is 347 g/mol. The minimum atomic E-state index is -3.57. The molecule has 0 saturated heterocycles. The van der Waals surface area contributed by atoms with E-state index < -0.39 is 10.0 Å². The van der Waals surface area contributed by atoms with Crippen LogP contribution in [0, 0.1) is 6.92 Å². The van der Waals surface area contributed by atoms with Gasteiger partial charge in [0.15, 0.2) is 0 Å². The Morgan fingerprint density at radius 1 is 1.00 bits per heavy atom. The molecule has 0 aliphatic rings. The van der Waals surface area contributed by atoms with E-state index in [1.54, 1.807) is 24.3 Å². The molecule has 2 aromatic rings. The van der Waals surface area contributed by atoms with Crippen molar-refractivity contribution in [3.63, 3.8) is 0 Å². The van der Waals surface area contributed by atoms with E-state index in [2.05, 4.69) is 4.72 Å². The summed E-state index contributed by atoms with van der Waals surface area (Å²) < 4.78 is 33.7. The summed E-state index contributed by atoms with van der Waals surface area (Å²) in [5, 5.41) is 0. The average Bonchev–Trinajstić information content (AvgIpc) is 2.52. The molecule has 1 atom stereocenters. The van der Waals surface area contributed by atoms with E-state index in [0.717, 1.165) is 11.1 Å². The molecule has 0 heterocycles. The molecule has 2 rings (SSSR count). The van der Waals surface area contributed by atoms with E-state index in [-0.39, 0.29) is 23.1 Å². The van der Waals surface area contributed by atoms with Crippen LogP contribution in [-0.4, -0.2) is 20.6 Å². The third-order valence-electron chi connectivity index (χ3n) is 3.46. The molecule has 1 N–H and O–H groups in total. The number of nitrogens with one attached hydrogen (secondary N) is 1. The van der Waals surface area contributed by atoms with Gasteiger partial charge in [-0.3, -0.25) is 0 Å². The van der Waals surface area contributed by atoms with Gasteiger partial charge in [0, 0.05) is 6.54 Å². The van der Waals surface area contributed by atoms with Crippen LogP contribution in [0.5, 0.6) is 0 Å². The van der Waals surface area contributed by atoms with E-state index in [0.29, 0.717) is 0 Å². The second-order valence-corrected chi connectivity index (χ2v) is 8.56. The van der Waals surface area contributed by atoms with E-state index in [1.165, 1.54) is 0 Å². The zero-order valence-corrected chi connectivity index (χ0v) is 15.4. The molecule has 0 unspecified atom stereocenters. The van der Waals surface area contributed by atoms with Gasteiger partial charge in [-0.1, -0.05) is 48.0 Å². The molecular weight excluding hydrogens is 322 g/mol. The Balaban J connectivity index is 2.16. The van der Waals surface area contributed by atoms with Crippen molar-refractivity contribution in [3.05, 3.63) is 65.7 Å². The van der Waals surface area contributed by atoms with Gasteiger partial charge in [0.1, 0.15) is 0 Å². The van der Waals surface area contributed by atoms with E-state index >= 15 is 0 Å². The number of sulfonamides is 1. The largest absolute Gasteiger partial charge is 0.367 e. The van der Waals surface area contributed by atoms with Gasteiger partial charge < -0.3 is 4.74 Å². The van der Waals surface area contributed by atoms with Crippen molar-refractivity contribution in [2.75, 3.05) is 6.54 Å². The summed E-state index contributed by atoms with van der Waals surface area (Å²) in [7, 11) is -3.57. The fourth-order valence-electron chi connectivity index (χ4n) is 2.31. The Bertz CT molecular complexity index is 747. The molecule has 0 aliphatic carbocycles. The van der Waals surface area contributed by atoms with Gasteiger partial charge in [-0.15, -0.1) is 0 Å². The first-order valence-corrected chi connectivity index (χ1v) is 9.45. The first-order chi connectivity index (χ1) is 11.2. The van der Waals surface area contributed by atoms with Crippen LogP contribution in [0.2, 0.25) is 0 Å². The van der Waals surface area contributed by atoms with Gasteiger partial charge in [0.2, 0.25) is 10.0 Å². The van der Waals surface area contributed by atoms with E-state index in [1.807, 2.05) is 58.0 Å². The first-order valence-electron chi connectivity index (χ1n) is 7.96. The molecule has 0 aromatic heterocycles. The Labute approximate surface area is 144 Å². The van der Waals surface area contributed by atoms with Crippen molar-refractivity contribution in [1.82, 2.24) is 4.72 Å². The lowest BCUT2D eigenvalue weighted by molar-refractivity contribution is -0.0587. The molecule has 0 aliphatic heterocycles. The molecule has 0 radical (unpaired) electrons. The van der Waals surface area contributed by atoms with Crippen molar-refractivity contribution in [3.8, 4) is 0 Å². The van der Waals surface area contributed by atoms with Crippen LogP contribution < -0.4 is 4.72 Å². The number of hydrogen-bond acceptors (Lipinski definition) is 3. The topological polar surface area (TPSA) is 55.4 Å². The lowest BCUT2D eigenvalue weighted by Crippen LogP contribution is -2.33. The van der Waals surface area contributed by atoms with Crippen molar-refractivity contribution in [1.29, 1.82) is 0 Å². The number of benzene rings is 2. The monoisotopic (exact) mass is 347 g/mol. The van der Waals surface area contributed by atoms with Gasteiger partial charge in [-0.2, -0.15) is 0 Å². The highest BCUT2D eigenvalue weighted by atomic mass is 32.2. The molecule has 2 aromatic carbocycles. The maximum Gasteiger partial charge on any atom is 0.240 e. The normalized spacial score (nSPS) is 13.7. The quantitative estimate of drug-likeness (QED) is 0.864. The fraction of sp³-hybridized carbons (Fsp3) is 0.368. The Hall–Kier alpha value is -1.69. The molecule has 0 saturated carbocycles. The van der Waals surface area contributed by atoms with Crippen LogP contribution >= 0.6 is 0 Å². The third kappa shape index (κ3) is 5.44. The van der Waals surface area contributed by atoms with Crippen LogP contribution in [0.15, 0.2) is 59.5 Å². The lowest BCUT2D eigenvalue weighted by Gasteiger charge is -2.28. The van der Waals surface area contributed by atoms with Crippen molar-refractivity contribution < 1.29 is 13.2 Å². The summed E-state index contributed by atoms with van der Waals surface area (Å²) in [5.74, 6) is 0. The van der Waals surface area contributed by atoms with Gasteiger partial charge in [0.25, 0.3) is 0 Å². The molecule has 0 fully saturated rings. The maximum atomic E-state index is 12.5. The number of hydrogen-bond donors (Lipinski definition) is 1. The Morgan fingerprint density at radius 3 is 2.12 bits per heavy atom. The highest BCUT2D eigenvalue weighted by Gasteiger charge is 2.23. The smallest absolute Gasteiger partial charge is 0.240 e. The molecule has 5 heteroatoms. The predicted octanol–water partition coefficient (Wildman–Crippen LogP) is 3.83. The summed E-state index contributed by atoms with van der Waals surface area (Å²) in [6.07, 6.45) is -0.355. The second kappa shape index (κ2) is 7.47. The standard InChI is InChI=1S/C19H25NO3S/c1-15-10-12-17(13-11-15)24(21,22)20-14-18(23-19(2,3)4)16-8-6-5-7-9-16/h5-13,18,20H,14H2,1-4H3/t18-/m1/s1. The van der Waals surface area contributed by atoms with Gasteiger partial charge in [-0.05, 0) is 45.4 Å². The van der Waals surface area contributed by atoms with E-state index in [4.69, 9.17) is 4.74 Å². The summed E-state index contributed by atoms with van der Waals surface area (Å²) in [5.41, 5.74) is 1.58. The van der Waals surface area contributed by atoms with Crippen LogP contribution in [0.4, 0.5) is 0 Å². The maximum absolute atomic E-state index is 12.5. The van der Waals surface area contributed by atoms with Crippen molar-refractivity contribution in [2.24, 2.45) is 0 Å². The second-order valence-electron chi connectivity index (χ2n) is 6.79. The SMILES string of the molecule is Cc1ccc(S(=O)(=O)NC[C@@H](OC(C)(C)C)c2ccccc2)cc1. The highest BCUT2D eigenvalue weighted by Crippen LogP contribution is 2.24. The Morgan fingerprint density at radius 2 is 1.58 bits per heavy atom. The van der Waals surface area contributed by atoms with Gasteiger partial charge in [-0.25, -0.2) is 13.1 Å². The number of aryl methyl sites for hydroxylation is 1. The van der Waals surface area contributed by atoms with Gasteiger partial charge in [0.05, 0.1) is 16.6 Å². The zero-order valence-electron chi connectivity index (χ0n) is 14.6.